The summed E-state index contributed by atoms with van der Waals surface area (Å²) in [4.78, 5) is 55.5. The van der Waals surface area contributed by atoms with Crippen LogP contribution in [0.15, 0.2) is 22.7 Å². The Morgan fingerprint density at radius 3 is 2.00 bits per heavy atom. The maximum atomic E-state index is 13.1. The summed E-state index contributed by atoms with van der Waals surface area (Å²) in [5, 5.41) is 13.0. The summed E-state index contributed by atoms with van der Waals surface area (Å²) in [6, 6.07) is 0.931. The van der Waals surface area contributed by atoms with E-state index in [0.717, 1.165) is 11.3 Å². The number of ether oxygens (including phenoxy) is 2. The predicted octanol–water partition coefficient (Wildman–Crippen LogP) is 1.41. The summed E-state index contributed by atoms with van der Waals surface area (Å²) >= 11 is 1.14. The molecule has 0 radical (unpaired) electrons. The van der Waals surface area contributed by atoms with Crippen molar-refractivity contribution in [2.45, 2.75) is 77.9 Å². The second-order valence-corrected chi connectivity index (χ2v) is 13.0. The number of rotatable bonds is 10. The van der Waals surface area contributed by atoms with E-state index in [1.165, 1.54) is 6.92 Å². The van der Waals surface area contributed by atoms with Crippen LogP contribution >= 0.6 is 11.3 Å². The van der Waals surface area contributed by atoms with Crippen LogP contribution in [-0.2, 0) is 34.2 Å². The van der Waals surface area contributed by atoms with Gasteiger partial charge in [0.05, 0.1) is 24.0 Å². The first-order valence-electron chi connectivity index (χ1n) is 12.1. The number of nitrogens with zero attached hydrogens (tertiary/aromatic N) is 2. The Hall–Kier alpha value is -3.44. The van der Waals surface area contributed by atoms with Crippen molar-refractivity contribution < 1.29 is 46.5 Å². The molecule has 4 amide bonds. The van der Waals surface area contributed by atoms with Crippen molar-refractivity contribution in [3.63, 3.8) is 0 Å². The Balaban J connectivity index is 2.20. The molecule has 0 aliphatic carbocycles. The van der Waals surface area contributed by atoms with Crippen LogP contribution in [0.25, 0.3) is 0 Å². The standard InChI is InChI=1S/C23H35N5O10S2/c1-13-16(19(30)28(13)40(33,34)35)26-18(29)17(15-9-8-10-39-15)27-38-14(11-24-20(31)36-22(2,3)4)12-25-21(32)37-23(5,6)7/h8-10,13-14,16H,11-12H2,1-7H3,(H,24,31)(H,25,32)(H,26,29)(H,33,34,35)/b27-17+/t13-,16-/m0/s1. The quantitative estimate of drug-likeness (QED) is 0.131. The second-order valence-electron chi connectivity index (χ2n) is 10.7. The van der Waals surface area contributed by atoms with Crippen molar-refractivity contribution in [2.24, 2.45) is 5.16 Å². The molecule has 0 aromatic carbocycles. The molecule has 2 atom stereocenters. The summed E-state index contributed by atoms with van der Waals surface area (Å²) < 4.78 is 42.6. The molecular weight excluding hydrogens is 570 g/mol. The van der Waals surface area contributed by atoms with Gasteiger partial charge in [0, 0.05) is 0 Å². The van der Waals surface area contributed by atoms with Gasteiger partial charge in [-0.3, -0.25) is 14.1 Å². The fraction of sp³-hybridized carbons (Fsp3) is 0.609. The molecule has 2 rings (SSSR count). The van der Waals surface area contributed by atoms with Gasteiger partial charge in [-0.15, -0.1) is 11.3 Å². The van der Waals surface area contributed by atoms with E-state index >= 15 is 0 Å². The number of nitrogens with one attached hydrogen (secondary N) is 3. The Labute approximate surface area is 236 Å². The van der Waals surface area contributed by atoms with Gasteiger partial charge >= 0.3 is 22.5 Å². The Kier molecular flexibility index (Phi) is 10.5. The molecular formula is C23H35N5O10S2. The summed E-state index contributed by atoms with van der Waals surface area (Å²) in [7, 11) is -4.78. The van der Waals surface area contributed by atoms with Gasteiger partial charge in [0.15, 0.2) is 11.8 Å². The number of β-lactam (4-membered cyclic amide) rings is 1. The normalized spacial score (nSPS) is 18.1. The van der Waals surface area contributed by atoms with Crippen LogP contribution in [0, 0.1) is 0 Å². The highest BCUT2D eigenvalue weighted by atomic mass is 32.2. The third-order valence-corrected chi connectivity index (χ3v) is 6.77. The largest absolute Gasteiger partial charge is 0.444 e. The summed E-state index contributed by atoms with van der Waals surface area (Å²) in [6.45, 7) is 11.1. The summed E-state index contributed by atoms with van der Waals surface area (Å²) in [5.41, 5.74) is -1.78. The number of amides is 4. The lowest BCUT2D eigenvalue weighted by Gasteiger charge is -2.42. The monoisotopic (exact) mass is 605 g/mol. The minimum absolute atomic E-state index is 0.186. The number of hydrogen-bond donors (Lipinski definition) is 4. The van der Waals surface area contributed by atoms with Crippen molar-refractivity contribution in [2.75, 3.05) is 13.1 Å². The van der Waals surface area contributed by atoms with E-state index < -0.39 is 63.7 Å². The third-order valence-electron chi connectivity index (χ3n) is 4.88. The topological polar surface area (TPSA) is 202 Å². The molecule has 1 aromatic rings. The number of alkyl carbamates (subject to hydrolysis) is 2. The lowest BCUT2D eigenvalue weighted by Crippen LogP contribution is -2.71. The van der Waals surface area contributed by atoms with E-state index in [4.69, 9.17) is 14.3 Å². The average Bonchev–Trinajstić information content (AvgIpc) is 3.30. The van der Waals surface area contributed by atoms with Gasteiger partial charge in [0.1, 0.15) is 17.2 Å². The molecule has 1 aliphatic heterocycles. The van der Waals surface area contributed by atoms with Crippen molar-refractivity contribution in [1.29, 1.82) is 0 Å². The molecule has 0 bridgehead atoms. The molecule has 224 valence electrons. The molecule has 2 heterocycles. The van der Waals surface area contributed by atoms with Crippen LogP contribution in [-0.4, -0.2) is 89.5 Å². The van der Waals surface area contributed by atoms with Crippen LogP contribution in [0.4, 0.5) is 9.59 Å². The van der Waals surface area contributed by atoms with E-state index in [0.29, 0.717) is 4.88 Å². The Bertz CT molecular complexity index is 1190. The second kappa shape index (κ2) is 12.8. The highest BCUT2D eigenvalue weighted by molar-refractivity contribution is 7.84. The summed E-state index contributed by atoms with van der Waals surface area (Å²) in [5.74, 6) is -1.88. The van der Waals surface area contributed by atoms with Crippen LogP contribution < -0.4 is 16.0 Å². The minimum Gasteiger partial charge on any atom is -0.444 e. The van der Waals surface area contributed by atoms with Crippen LogP contribution in [0.2, 0.25) is 0 Å². The number of hydrogen-bond acceptors (Lipinski definition) is 11. The SMILES string of the molecule is C[C@H]1[C@H](NC(=O)/C(=N/OC(CNC(=O)OC(C)(C)C)CNC(=O)OC(C)(C)C)c2cccs2)C(=O)N1S(=O)(=O)O. The average molecular weight is 606 g/mol. The highest BCUT2D eigenvalue weighted by Crippen LogP contribution is 2.23. The van der Waals surface area contributed by atoms with Crippen LogP contribution in [0.5, 0.6) is 0 Å². The number of carbonyl (C=O) groups excluding carboxylic acids is 4. The molecule has 17 heteroatoms. The van der Waals surface area contributed by atoms with Gasteiger partial charge in [0.2, 0.25) is 0 Å². The van der Waals surface area contributed by atoms with E-state index in [1.54, 1.807) is 59.1 Å². The van der Waals surface area contributed by atoms with Gasteiger partial charge < -0.3 is 30.3 Å². The van der Waals surface area contributed by atoms with Gasteiger partial charge in [-0.1, -0.05) is 11.2 Å². The molecule has 0 saturated carbocycles. The molecule has 40 heavy (non-hydrogen) atoms. The molecule has 15 nitrogen and oxygen atoms in total. The van der Waals surface area contributed by atoms with Crippen molar-refractivity contribution in [1.82, 2.24) is 20.3 Å². The fourth-order valence-corrected chi connectivity index (χ4v) is 4.81. The Morgan fingerprint density at radius 2 is 1.60 bits per heavy atom. The predicted molar refractivity (Wildman–Crippen MR) is 144 cm³/mol. The van der Waals surface area contributed by atoms with E-state index in [1.807, 2.05) is 0 Å². The molecule has 0 unspecified atom stereocenters. The lowest BCUT2D eigenvalue weighted by atomic mass is 10.0. The van der Waals surface area contributed by atoms with Crippen LogP contribution in [0.1, 0.15) is 53.3 Å². The molecule has 0 spiro atoms. The zero-order chi connectivity index (χ0) is 30.5. The molecule has 4 N–H and O–H groups in total. The van der Waals surface area contributed by atoms with Gasteiger partial charge in [-0.2, -0.15) is 8.42 Å². The molecule has 1 aromatic heterocycles. The number of carbonyl (C=O) groups is 4. The van der Waals surface area contributed by atoms with Crippen molar-refractivity contribution >= 4 is 51.4 Å². The third kappa shape index (κ3) is 9.95. The number of oxime groups is 1. The fourth-order valence-electron chi connectivity index (χ4n) is 3.22. The van der Waals surface area contributed by atoms with Gasteiger partial charge in [-0.05, 0) is 59.9 Å². The van der Waals surface area contributed by atoms with E-state index in [9.17, 15) is 32.1 Å². The van der Waals surface area contributed by atoms with Crippen LogP contribution in [0.3, 0.4) is 0 Å². The van der Waals surface area contributed by atoms with E-state index in [2.05, 4.69) is 21.1 Å². The summed E-state index contributed by atoms with van der Waals surface area (Å²) in [6.07, 6.45) is -2.50. The lowest BCUT2D eigenvalue weighted by molar-refractivity contribution is -0.143. The molecule has 1 aliphatic rings. The van der Waals surface area contributed by atoms with Crippen molar-refractivity contribution in [3.05, 3.63) is 22.4 Å². The smallest absolute Gasteiger partial charge is 0.407 e. The van der Waals surface area contributed by atoms with E-state index in [-0.39, 0.29) is 23.1 Å². The first kappa shape index (κ1) is 32.8. The first-order chi connectivity index (χ1) is 18.3. The molecule has 1 fully saturated rings. The van der Waals surface area contributed by atoms with Gasteiger partial charge in [-0.25, -0.2) is 13.9 Å². The maximum absolute atomic E-state index is 13.1. The Morgan fingerprint density at radius 1 is 1.07 bits per heavy atom. The zero-order valence-corrected chi connectivity index (χ0v) is 24.8. The minimum atomic E-state index is -4.78. The maximum Gasteiger partial charge on any atom is 0.407 e. The molecule has 1 saturated heterocycles. The number of thiophene rings is 1. The highest BCUT2D eigenvalue weighted by Gasteiger charge is 2.51. The van der Waals surface area contributed by atoms with Crippen molar-refractivity contribution in [3.8, 4) is 0 Å². The van der Waals surface area contributed by atoms with Gasteiger partial charge in [0.25, 0.3) is 11.8 Å². The first-order valence-corrected chi connectivity index (χ1v) is 14.4. The zero-order valence-electron chi connectivity index (χ0n) is 23.2.